The van der Waals surface area contributed by atoms with Crippen molar-refractivity contribution in [3.8, 4) is 0 Å². The third-order valence-corrected chi connectivity index (χ3v) is 7.02. The number of allylic oxidation sites excluding steroid dienone is 4. The summed E-state index contributed by atoms with van der Waals surface area (Å²) in [6.45, 7) is 13.1. The molecule has 0 radical (unpaired) electrons. The van der Waals surface area contributed by atoms with Gasteiger partial charge in [-0.2, -0.15) is 0 Å². The summed E-state index contributed by atoms with van der Waals surface area (Å²) in [6.07, 6.45) is 7.42. The topological polar surface area (TPSA) is 123 Å². The van der Waals surface area contributed by atoms with Gasteiger partial charge < -0.3 is 25.4 Å². The highest BCUT2D eigenvalue weighted by molar-refractivity contribution is 5.93. The summed E-state index contributed by atoms with van der Waals surface area (Å²) in [5, 5.41) is 8.41. The number of rotatable bonds is 17. The number of hydrogen-bond acceptors (Lipinski definition) is 6. The lowest BCUT2D eigenvalue weighted by molar-refractivity contribution is -0.149. The van der Waals surface area contributed by atoms with Crippen LogP contribution in [0.15, 0.2) is 84.5 Å². The molecule has 2 rings (SSSR count). The Morgan fingerprint density at radius 1 is 0.809 bits per heavy atom. The Morgan fingerprint density at radius 2 is 1.38 bits per heavy atom. The van der Waals surface area contributed by atoms with Crippen molar-refractivity contribution in [2.45, 2.75) is 111 Å². The number of amides is 3. The highest BCUT2D eigenvalue weighted by Gasteiger charge is 2.31. The predicted octanol–water partition coefficient (Wildman–Crippen LogP) is 6.57. The van der Waals surface area contributed by atoms with Crippen molar-refractivity contribution >= 4 is 23.9 Å². The Bertz CT molecular complexity index is 1330. The first-order chi connectivity index (χ1) is 22.3. The zero-order valence-electron chi connectivity index (χ0n) is 29.0. The van der Waals surface area contributed by atoms with Crippen LogP contribution in [-0.4, -0.2) is 47.6 Å². The van der Waals surface area contributed by atoms with Crippen LogP contribution in [0.5, 0.6) is 0 Å². The highest BCUT2D eigenvalue weighted by atomic mass is 16.6. The van der Waals surface area contributed by atoms with Gasteiger partial charge >= 0.3 is 12.1 Å². The molecule has 0 aliphatic rings. The number of nitrogens with one attached hydrogen (secondary N) is 3. The molecule has 3 atom stereocenters. The van der Waals surface area contributed by atoms with Gasteiger partial charge in [-0.1, -0.05) is 105 Å². The lowest BCUT2D eigenvalue weighted by Gasteiger charge is -2.27. The van der Waals surface area contributed by atoms with E-state index in [2.05, 4.69) is 22.0 Å². The van der Waals surface area contributed by atoms with Crippen molar-refractivity contribution in [2.24, 2.45) is 5.92 Å². The average molecular weight is 648 g/mol. The zero-order valence-corrected chi connectivity index (χ0v) is 29.0. The van der Waals surface area contributed by atoms with Crippen LogP contribution in [0.1, 0.15) is 85.3 Å². The SMILES string of the molecule is C/C=C\C(=C/CC)CC[C@H](NC(=O)OC(C)(C)C)C(=O)NC(CC(C)C)C(=O)N[C@@H](Cc1ccccc1)C(=O)OCc1ccccc1. The molecule has 2 aromatic rings. The van der Waals surface area contributed by atoms with Gasteiger partial charge in [0.15, 0.2) is 0 Å². The summed E-state index contributed by atoms with van der Waals surface area (Å²) in [6, 6.07) is 15.7. The summed E-state index contributed by atoms with van der Waals surface area (Å²) in [7, 11) is 0. The number of benzene rings is 2. The molecule has 256 valence electrons. The van der Waals surface area contributed by atoms with Crippen LogP contribution in [0.25, 0.3) is 0 Å². The van der Waals surface area contributed by atoms with Crippen LogP contribution >= 0.6 is 0 Å². The first-order valence-electron chi connectivity index (χ1n) is 16.5. The molecule has 0 aliphatic carbocycles. The lowest BCUT2D eigenvalue weighted by atomic mass is 9.99. The molecule has 0 spiro atoms. The molecule has 47 heavy (non-hydrogen) atoms. The molecule has 0 fully saturated rings. The van der Waals surface area contributed by atoms with Gasteiger partial charge in [0.25, 0.3) is 0 Å². The predicted molar refractivity (Wildman–Crippen MR) is 185 cm³/mol. The minimum Gasteiger partial charge on any atom is -0.459 e. The summed E-state index contributed by atoms with van der Waals surface area (Å²) >= 11 is 0. The fourth-order valence-corrected chi connectivity index (χ4v) is 4.88. The summed E-state index contributed by atoms with van der Waals surface area (Å²) in [5.41, 5.74) is 1.95. The molecule has 3 amide bonds. The quantitative estimate of drug-likeness (QED) is 0.132. The van der Waals surface area contributed by atoms with Gasteiger partial charge in [0.05, 0.1) is 0 Å². The van der Waals surface area contributed by atoms with Crippen molar-refractivity contribution in [1.82, 2.24) is 16.0 Å². The van der Waals surface area contributed by atoms with E-state index in [1.165, 1.54) is 0 Å². The molecule has 2 aromatic carbocycles. The van der Waals surface area contributed by atoms with E-state index in [1.807, 2.05) is 101 Å². The zero-order chi connectivity index (χ0) is 34.8. The van der Waals surface area contributed by atoms with Crippen LogP contribution in [0.3, 0.4) is 0 Å². The standard InChI is InChI=1S/C38H53N3O6/c1-8-16-28(17-9-2)22-23-31(41-37(45)47-38(5,6)7)34(42)39-32(24-27(3)4)35(43)40-33(25-29-18-12-10-13-19-29)36(44)46-26-30-20-14-11-15-21-30/h8,10-21,27,31-33H,9,22-26H2,1-7H3,(H,39,42)(H,40,43)(H,41,45)/b16-8-,28-17+/t31-,32?,33-/m0/s1. The van der Waals surface area contributed by atoms with Crippen LogP contribution in [-0.2, 0) is 36.9 Å². The van der Waals surface area contributed by atoms with Gasteiger partial charge in [-0.05, 0) is 70.4 Å². The fourth-order valence-electron chi connectivity index (χ4n) is 4.88. The number of carbonyl (C=O) groups is 4. The Hall–Kier alpha value is -4.40. The van der Waals surface area contributed by atoms with Crippen LogP contribution in [0.2, 0.25) is 0 Å². The third kappa shape index (κ3) is 15.6. The van der Waals surface area contributed by atoms with Crippen molar-refractivity contribution in [1.29, 1.82) is 0 Å². The van der Waals surface area contributed by atoms with E-state index in [9.17, 15) is 19.2 Å². The van der Waals surface area contributed by atoms with E-state index in [0.717, 1.165) is 23.1 Å². The highest BCUT2D eigenvalue weighted by Crippen LogP contribution is 2.15. The maximum atomic E-state index is 13.8. The molecular weight excluding hydrogens is 594 g/mol. The van der Waals surface area contributed by atoms with E-state index in [1.54, 1.807) is 20.8 Å². The van der Waals surface area contributed by atoms with E-state index in [0.29, 0.717) is 19.3 Å². The number of ether oxygens (including phenoxy) is 2. The van der Waals surface area contributed by atoms with Crippen molar-refractivity contribution in [3.05, 3.63) is 95.6 Å². The molecule has 0 heterocycles. The molecule has 9 nitrogen and oxygen atoms in total. The van der Waals surface area contributed by atoms with Gasteiger partial charge in [0.2, 0.25) is 11.8 Å². The monoisotopic (exact) mass is 647 g/mol. The van der Waals surface area contributed by atoms with Gasteiger partial charge in [0.1, 0.15) is 30.3 Å². The maximum Gasteiger partial charge on any atom is 0.408 e. The average Bonchev–Trinajstić information content (AvgIpc) is 3.01. The second kappa shape index (κ2) is 20.0. The van der Waals surface area contributed by atoms with Crippen molar-refractivity contribution < 1.29 is 28.7 Å². The summed E-state index contributed by atoms with van der Waals surface area (Å²) in [4.78, 5) is 53.6. The normalized spacial score (nSPS) is 13.8. The first kappa shape index (κ1) is 38.8. The molecule has 0 saturated carbocycles. The Labute approximate surface area is 280 Å². The number of alkyl carbamates (subject to hydrolysis) is 1. The number of esters is 1. The number of carbonyl (C=O) groups excluding carboxylic acids is 4. The van der Waals surface area contributed by atoms with E-state index >= 15 is 0 Å². The molecule has 0 saturated heterocycles. The second-order valence-corrected chi connectivity index (χ2v) is 13.0. The molecule has 3 N–H and O–H groups in total. The number of hydrogen-bond donors (Lipinski definition) is 3. The van der Waals surface area contributed by atoms with Gasteiger partial charge in [0, 0.05) is 6.42 Å². The molecule has 9 heteroatoms. The van der Waals surface area contributed by atoms with E-state index in [-0.39, 0.29) is 18.9 Å². The van der Waals surface area contributed by atoms with E-state index < -0.39 is 47.6 Å². The Kier molecular flexibility index (Phi) is 16.5. The van der Waals surface area contributed by atoms with E-state index in [4.69, 9.17) is 9.47 Å². The third-order valence-electron chi connectivity index (χ3n) is 7.02. The van der Waals surface area contributed by atoms with Crippen LogP contribution in [0.4, 0.5) is 4.79 Å². The van der Waals surface area contributed by atoms with Crippen molar-refractivity contribution in [3.63, 3.8) is 0 Å². The smallest absolute Gasteiger partial charge is 0.408 e. The molecule has 1 unspecified atom stereocenters. The summed E-state index contributed by atoms with van der Waals surface area (Å²) in [5.74, 6) is -1.57. The van der Waals surface area contributed by atoms with Crippen LogP contribution in [0, 0.1) is 5.92 Å². The van der Waals surface area contributed by atoms with Gasteiger partial charge in [-0.25, -0.2) is 9.59 Å². The molecule has 0 bridgehead atoms. The summed E-state index contributed by atoms with van der Waals surface area (Å²) < 4.78 is 11.0. The molecule has 0 aliphatic heterocycles. The Morgan fingerprint density at radius 3 is 1.94 bits per heavy atom. The van der Waals surface area contributed by atoms with Gasteiger partial charge in [-0.15, -0.1) is 0 Å². The first-order valence-corrected chi connectivity index (χ1v) is 16.5. The fraction of sp³-hybridized carbons (Fsp3) is 0.474. The molecular formula is C38H53N3O6. The second-order valence-electron chi connectivity index (χ2n) is 13.0. The minimum atomic E-state index is -0.988. The lowest BCUT2D eigenvalue weighted by Crippen LogP contribution is -2.56. The van der Waals surface area contributed by atoms with Crippen LogP contribution < -0.4 is 16.0 Å². The maximum absolute atomic E-state index is 13.8. The minimum absolute atomic E-state index is 0.0368. The van der Waals surface area contributed by atoms with Gasteiger partial charge in [-0.3, -0.25) is 9.59 Å². The largest absolute Gasteiger partial charge is 0.459 e. The Balaban J connectivity index is 2.28. The van der Waals surface area contributed by atoms with Crippen molar-refractivity contribution in [2.75, 3.05) is 0 Å². The molecule has 0 aromatic heterocycles.